The molecular weight excluding hydrogens is 118 g/mol. The summed E-state index contributed by atoms with van der Waals surface area (Å²) < 4.78 is 0. The molecule has 0 spiro atoms. The number of carbonyl (C=O) groups excluding carboxylic acids is 1. The standard InChI is InChI=1S/C6H13NO2/c1-6(2,3)9-7(4)5-8/h5H,1-4H3. The lowest BCUT2D eigenvalue weighted by molar-refractivity contribution is -0.205. The van der Waals surface area contributed by atoms with Crippen LogP contribution in [-0.4, -0.2) is 24.1 Å². The molecular formula is C6H13NO2. The van der Waals surface area contributed by atoms with Crippen LogP contribution in [0.2, 0.25) is 0 Å². The van der Waals surface area contributed by atoms with E-state index >= 15 is 0 Å². The summed E-state index contributed by atoms with van der Waals surface area (Å²) in [5, 5.41) is 1.15. The van der Waals surface area contributed by atoms with Gasteiger partial charge in [-0.05, 0) is 20.8 Å². The van der Waals surface area contributed by atoms with E-state index < -0.39 is 0 Å². The second kappa shape index (κ2) is 2.82. The molecule has 0 bridgehead atoms. The molecule has 0 aromatic heterocycles. The lowest BCUT2D eigenvalue weighted by atomic mass is 10.2. The Balaban J connectivity index is 3.59. The summed E-state index contributed by atoms with van der Waals surface area (Å²) in [7, 11) is 1.57. The summed E-state index contributed by atoms with van der Waals surface area (Å²) in [5.41, 5.74) is -0.282. The molecule has 0 aliphatic rings. The molecule has 0 aliphatic carbocycles. The summed E-state index contributed by atoms with van der Waals surface area (Å²) in [4.78, 5) is 15.0. The predicted octanol–water partition coefficient (Wildman–Crippen LogP) is 0.805. The summed E-state index contributed by atoms with van der Waals surface area (Å²) in [6, 6.07) is 0. The van der Waals surface area contributed by atoms with E-state index in [-0.39, 0.29) is 5.60 Å². The molecule has 9 heavy (non-hydrogen) atoms. The van der Waals surface area contributed by atoms with Crippen molar-refractivity contribution in [3.8, 4) is 0 Å². The van der Waals surface area contributed by atoms with Crippen molar-refractivity contribution in [3.63, 3.8) is 0 Å². The molecule has 0 saturated carbocycles. The molecule has 0 heterocycles. The minimum Gasteiger partial charge on any atom is -0.276 e. The Kier molecular flexibility index (Phi) is 2.65. The maximum absolute atomic E-state index is 9.98. The van der Waals surface area contributed by atoms with Gasteiger partial charge in [-0.1, -0.05) is 0 Å². The van der Waals surface area contributed by atoms with Crippen molar-refractivity contribution in [2.75, 3.05) is 7.05 Å². The van der Waals surface area contributed by atoms with Gasteiger partial charge in [0.1, 0.15) is 0 Å². The lowest BCUT2D eigenvalue weighted by Crippen LogP contribution is -2.29. The van der Waals surface area contributed by atoms with E-state index in [0.29, 0.717) is 6.41 Å². The van der Waals surface area contributed by atoms with Gasteiger partial charge in [-0.3, -0.25) is 9.63 Å². The van der Waals surface area contributed by atoms with Gasteiger partial charge < -0.3 is 0 Å². The monoisotopic (exact) mass is 131 g/mol. The van der Waals surface area contributed by atoms with Gasteiger partial charge in [0.05, 0.1) is 5.60 Å². The minimum absolute atomic E-state index is 0.282. The van der Waals surface area contributed by atoms with E-state index in [1.807, 2.05) is 20.8 Å². The summed E-state index contributed by atoms with van der Waals surface area (Å²) in [6.07, 6.45) is 0.630. The van der Waals surface area contributed by atoms with Crippen LogP contribution in [0.3, 0.4) is 0 Å². The fourth-order valence-electron chi connectivity index (χ4n) is 0.453. The normalized spacial score (nSPS) is 11.1. The first-order valence-electron chi connectivity index (χ1n) is 2.83. The van der Waals surface area contributed by atoms with E-state index in [4.69, 9.17) is 4.84 Å². The highest BCUT2D eigenvalue weighted by atomic mass is 16.7. The zero-order chi connectivity index (χ0) is 7.49. The van der Waals surface area contributed by atoms with Crippen LogP contribution in [0, 0.1) is 0 Å². The summed E-state index contributed by atoms with van der Waals surface area (Å²) in [6.45, 7) is 5.65. The van der Waals surface area contributed by atoms with Gasteiger partial charge in [0, 0.05) is 7.05 Å². The molecule has 3 heteroatoms. The Morgan fingerprint density at radius 2 is 1.89 bits per heavy atom. The molecule has 0 unspecified atom stereocenters. The Labute approximate surface area is 55.6 Å². The molecule has 0 aromatic carbocycles. The average molecular weight is 131 g/mol. The van der Waals surface area contributed by atoms with Gasteiger partial charge in [-0.25, -0.2) is 5.06 Å². The van der Waals surface area contributed by atoms with E-state index in [9.17, 15) is 4.79 Å². The molecule has 0 N–H and O–H groups in total. The van der Waals surface area contributed by atoms with Gasteiger partial charge in [-0.15, -0.1) is 0 Å². The Bertz CT molecular complexity index is 95.7. The van der Waals surface area contributed by atoms with Crippen LogP contribution >= 0.6 is 0 Å². The molecule has 3 nitrogen and oxygen atoms in total. The second-order valence-corrected chi connectivity index (χ2v) is 2.86. The van der Waals surface area contributed by atoms with Crippen molar-refractivity contribution in [1.82, 2.24) is 5.06 Å². The Morgan fingerprint density at radius 3 is 2.00 bits per heavy atom. The summed E-state index contributed by atoms with van der Waals surface area (Å²) >= 11 is 0. The molecule has 0 fully saturated rings. The molecule has 0 aliphatic heterocycles. The van der Waals surface area contributed by atoms with E-state index in [1.165, 1.54) is 0 Å². The van der Waals surface area contributed by atoms with Crippen molar-refractivity contribution in [1.29, 1.82) is 0 Å². The van der Waals surface area contributed by atoms with Gasteiger partial charge in [0.15, 0.2) is 0 Å². The van der Waals surface area contributed by atoms with Crippen LogP contribution in [0.4, 0.5) is 0 Å². The fourth-order valence-corrected chi connectivity index (χ4v) is 0.453. The molecule has 0 aromatic rings. The Hall–Kier alpha value is -0.570. The maximum Gasteiger partial charge on any atom is 0.233 e. The number of hydroxylamine groups is 2. The van der Waals surface area contributed by atoms with Crippen molar-refractivity contribution in [3.05, 3.63) is 0 Å². The fraction of sp³-hybridized carbons (Fsp3) is 0.833. The third-order valence-electron chi connectivity index (χ3n) is 0.566. The van der Waals surface area contributed by atoms with Gasteiger partial charge >= 0.3 is 0 Å². The lowest BCUT2D eigenvalue weighted by Gasteiger charge is -2.23. The molecule has 0 rings (SSSR count). The first kappa shape index (κ1) is 8.43. The van der Waals surface area contributed by atoms with Crippen molar-refractivity contribution >= 4 is 6.41 Å². The highest BCUT2D eigenvalue weighted by Gasteiger charge is 2.12. The predicted molar refractivity (Wildman–Crippen MR) is 34.7 cm³/mol. The zero-order valence-electron chi connectivity index (χ0n) is 6.34. The van der Waals surface area contributed by atoms with E-state index in [0.717, 1.165) is 5.06 Å². The maximum atomic E-state index is 9.98. The quantitative estimate of drug-likeness (QED) is 0.410. The first-order chi connectivity index (χ1) is 3.95. The number of rotatable bonds is 2. The van der Waals surface area contributed by atoms with Crippen LogP contribution in [-0.2, 0) is 9.63 Å². The largest absolute Gasteiger partial charge is 0.276 e. The van der Waals surface area contributed by atoms with Crippen LogP contribution in [0.25, 0.3) is 0 Å². The second-order valence-electron chi connectivity index (χ2n) is 2.86. The molecule has 1 amide bonds. The van der Waals surface area contributed by atoms with Crippen LogP contribution < -0.4 is 0 Å². The smallest absolute Gasteiger partial charge is 0.233 e. The van der Waals surface area contributed by atoms with Crippen molar-refractivity contribution in [2.45, 2.75) is 26.4 Å². The van der Waals surface area contributed by atoms with Crippen LogP contribution in [0.15, 0.2) is 0 Å². The number of carbonyl (C=O) groups is 1. The van der Waals surface area contributed by atoms with E-state index in [1.54, 1.807) is 7.05 Å². The number of hydrogen-bond donors (Lipinski definition) is 0. The van der Waals surface area contributed by atoms with Crippen molar-refractivity contribution in [2.24, 2.45) is 0 Å². The zero-order valence-corrected chi connectivity index (χ0v) is 6.34. The minimum atomic E-state index is -0.282. The van der Waals surface area contributed by atoms with Gasteiger partial charge in [0.25, 0.3) is 0 Å². The van der Waals surface area contributed by atoms with Crippen molar-refractivity contribution < 1.29 is 9.63 Å². The number of hydrogen-bond acceptors (Lipinski definition) is 2. The number of amides is 1. The van der Waals surface area contributed by atoms with Crippen LogP contribution in [0.5, 0.6) is 0 Å². The molecule has 0 radical (unpaired) electrons. The van der Waals surface area contributed by atoms with Crippen LogP contribution in [0.1, 0.15) is 20.8 Å². The van der Waals surface area contributed by atoms with Gasteiger partial charge in [0.2, 0.25) is 6.41 Å². The molecule has 54 valence electrons. The third kappa shape index (κ3) is 5.30. The first-order valence-corrected chi connectivity index (χ1v) is 2.83. The third-order valence-corrected chi connectivity index (χ3v) is 0.566. The highest BCUT2D eigenvalue weighted by Crippen LogP contribution is 2.06. The average Bonchev–Trinajstić information content (AvgIpc) is 1.62. The SMILES string of the molecule is CN(C=O)OC(C)(C)C. The Morgan fingerprint density at radius 1 is 1.44 bits per heavy atom. The summed E-state index contributed by atoms with van der Waals surface area (Å²) in [5.74, 6) is 0. The topological polar surface area (TPSA) is 29.5 Å². The number of nitrogens with zero attached hydrogens (tertiary/aromatic N) is 1. The van der Waals surface area contributed by atoms with Gasteiger partial charge in [-0.2, -0.15) is 0 Å². The highest BCUT2D eigenvalue weighted by molar-refractivity contribution is 5.44. The molecule has 0 atom stereocenters. The molecule has 0 saturated heterocycles. The van der Waals surface area contributed by atoms with E-state index in [2.05, 4.69) is 0 Å².